The first kappa shape index (κ1) is 15.8. The Kier molecular flexibility index (Phi) is 5.58. The Morgan fingerprint density at radius 3 is 2.19 bits per heavy atom. The fourth-order valence-electron chi connectivity index (χ4n) is 2.83. The van der Waals surface area contributed by atoms with Crippen molar-refractivity contribution < 1.29 is 0 Å². The van der Waals surface area contributed by atoms with Crippen molar-refractivity contribution >= 4 is 0 Å². The van der Waals surface area contributed by atoms with Crippen LogP contribution in [0.1, 0.15) is 54.6 Å². The van der Waals surface area contributed by atoms with E-state index in [0.717, 1.165) is 19.4 Å². The van der Waals surface area contributed by atoms with Gasteiger partial charge in [0.25, 0.3) is 0 Å². The van der Waals surface area contributed by atoms with Gasteiger partial charge in [-0.1, -0.05) is 68.8 Å². The average Bonchev–Trinajstić information content (AvgIpc) is 2.53. The topological polar surface area (TPSA) is 12.0 Å². The van der Waals surface area contributed by atoms with E-state index in [9.17, 15) is 0 Å². The summed E-state index contributed by atoms with van der Waals surface area (Å²) in [6.07, 6.45) is 2.16. The van der Waals surface area contributed by atoms with Crippen LogP contribution in [0.15, 0.2) is 42.5 Å². The van der Waals surface area contributed by atoms with Crippen molar-refractivity contribution in [1.29, 1.82) is 0 Å². The van der Waals surface area contributed by atoms with Crippen molar-refractivity contribution in [1.82, 2.24) is 5.32 Å². The minimum absolute atomic E-state index is 0.289. The molecule has 0 aliphatic rings. The summed E-state index contributed by atoms with van der Waals surface area (Å²) >= 11 is 0. The molecule has 0 aliphatic heterocycles. The van der Waals surface area contributed by atoms with E-state index in [1.807, 2.05) is 0 Å². The van der Waals surface area contributed by atoms with Crippen LogP contribution in [0, 0.1) is 6.92 Å². The van der Waals surface area contributed by atoms with Crippen LogP contribution in [0.2, 0.25) is 0 Å². The van der Waals surface area contributed by atoms with Crippen molar-refractivity contribution in [3.8, 4) is 0 Å². The van der Waals surface area contributed by atoms with Gasteiger partial charge in [-0.05, 0) is 48.6 Å². The lowest BCUT2D eigenvalue weighted by molar-refractivity contribution is 0.624. The molecule has 1 nitrogen and oxygen atoms in total. The molecule has 1 unspecified atom stereocenters. The number of rotatable bonds is 6. The summed E-state index contributed by atoms with van der Waals surface area (Å²) in [5, 5.41) is 3.66. The fraction of sp³-hybridized carbons (Fsp3) is 0.400. The third-order valence-corrected chi connectivity index (χ3v) is 4.13. The molecule has 2 rings (SSSR count). The molecule has 1 atom stereocenters. The zero-order valence-electron chi connectivity index (χ0n) is 13.7. The van der Waals surface area contributed by atoms with E-state index < -0.39 is 0 Å². The monoisotopic (exact) mass is 281 g/mol. The van der Waals surface area contributed by atoms with E-state index in [2.05, 4.69) is 75.5 Å². The van der Waals surface area contributed by atoms with Gasteiger partial charge in [-0.25, -0.2) is 0 Å². The first-order valence-electron chi connectivity index (χ1n) is 8.11. The quantitative estimate of drug-likeness (QED) is 0.800. The van der Waals surface area contributed by atoms with Gasteiger partial charge in [0, 0.05) is 0 Å². The summed E-state index contributed by atoms with van der Waals surface area (Å²) in [6.45, 7) is 9.75. The highest BCUT2D eigenvalue weighted by atomic mass is 14.9. The molecule has 0 heterocycles. The van der Waals surface area contributed by atoms with Crippen LogP contribution in [0.3, 0.4) is 0 Å². The van der Waals surface area contributed by atoms with Crippen LogP contribution in [0.25, 0.3) is 0 Å². The Morgan fingerprint density at radius 2 is 1.62 bits per heavy atom. The van der Waals surface area contributed by atoms with Crippen molar-refractivity contribution in [2.24, 2.45) is 0 Å². The third-order valence-electron chi connectivity index (χ3n) is 4.13. The second-order valence-corrected chi connectivity index (χ2v) is 5.64. The summed E-state index contributed by atoms with van der Waals surface area (Å²) in [6, 6.07) is 16.1. The summed E-state index contributed by atoms with van der Waals surface area (Å²) in [5.74, 6) is 0. The average molecular weight is 281 g/mol. The largest absolute Gasteiger partial charge is 0.307 e. The summed E-state index contributed by atoms with van der Waals surface area (Å²) in [4.78, 5) is 0. The maximum atomic E-state index is 3.66. The summed E-state index contributed by atoms with van der Waals surface area (Å²) in [7, 11) is 0. The Bertz CT molecular complexity index is 569. The molecule has 1 N–H and O–H groups in total. The minimum atomic E-state index is 0.289. The Morgan fingerprint density at radius 1 is 0.905 bits per heavy atom. The normalized spacial score (nSPS) is 12.4. The lowest BCUT2D eigenvalue weighted by Crippen LogP contribution is -2.23. The van der Waals surface area contributed by atoms with Gasteiger partial charge in [-0.3, -0.25) is 0 Å². The van der Waals surface area contributed by atoms with E-state index in [0.29, 0.717) is 0 Å². The molecule has 0 spiro atoms. The van der Waals surface area contributed by atoms with Gasteiger partial charge in [0.2, 0.25) is 0 Å². The second kappa shape index (κ2) is 7.42. The number of hydrogen-bond acceptors (Lipinski definition) is 1. The minimum Gasteiger partial charge on any atom is -0.307 e. The molecular weight excluding hydrogens is 254 g/mol. The van der Waals surface area contributed by atoms with Gasteiger partial charge in [-0.2, -0.15) is 0 Å². The molecule has 112 valence electrons. The van der Waals surface area contributed by atoms with Gasteiger partial charge >= 0.3 is 0 Å². The lowest BCUT2D eigenvalue weighted by Gasteiger charge is -2.23. The molecule has 0 fully saturated rings. The van der Waals surface area contributed by atoms with Crippen molar-refractivity contribution in [3.05, 3.63) is 70.3 Å². The standard InChI is InChI=1S/C20H27N/c1-5-16-10-13-17(6-2)19(14-16)20(21-7-3)18-11-8-15(4)9-12-18/h8-14,20-21H,5-7H2,1-4H3. The van der Waals surface area contributed by atoms with Crippen LogP contribution in [0.4, 0.5) is 0 Å². The van der Waals surface area contributed by atoms with Crippen molar-refractivity contribution in [3.63, 3.8) is 0 Å². The molecular formula is C20H27N. The Balaban J connectivity index is 2.48. The van der Waals surface area contributed by atoms with E-state index in [1.54, 1.807) is 0 Å². The van der Waals surface area contributed by atoms with Crippen LogP contribution in [-0.4, -0.2) is 6.54 Å². The van der Waals surface area contributed by atoms with E-state index in [-0.39, 0.29) is 6.04 Å². The smallest absolute Gasteiger partial charge is 0.0579 e. The molecule has 0 saturated carbocycles. The first-order chi connectivity index (χ1) is 10.2. The van der Waals surface area contributed by atoms with E-state index in [4.69, 9.17) is 0 Å². The predicted molar refractivity (Wildman–Crippen MR) is 91.9 cm³/mol. The second-order valence-electron chi connectivity index (χ2n) is 5.64. The molecule has 21 heavy (non-hydrogen) atoms. The highest BCUT2D eigenvalue weighted by Crippen LogP contribution is 2.27. The molecule has 0 saturated heterocycles. The maximum Gasteiger partial charge on any atom is 0.0579 e. The van der Waals surface area contributed by atoms with Crippen molar-refractivity contribution in [2.45, 2.75) is 46.6 Å². The number of nitrogens with one attached hydrogen (secondary N) is 1. The van der Waals surface area contributed by atoms with Gasteiger partial charge in [-0.15, -0.1) is 0 Å². The SMILES string of the molecule is CCNC(c1ccc(C)cc1)c1cc(CC)ccc1CC. The zero-order valence-corrected chi connectivity index (χ0v) is 13.7. The molecule has 0 amide bonds. The summed E-state index contributed by atoms with van der Waals surface area (Å²) in [5.41, 5.74) is 6.95. The molecule has 2 aromatic rings. The van der Waals surface area contributed by atoms with Gasteiger partial charge in [0.1, 0.15) is 0 Å². The Hall–Kier alpha value is -1.60. The molecule has 0 aromatic heterocycles. The van der Waals surface area contributed by atoms with Crippen LogP contribution in [0.5, 0.6) is 0 Å². The third kappa shape index (κ3) is 3.74. The summed E-state index contributed by atoms with van der Waals surface area (Å²) < 4.78 is 0. The lowest BCUT2D eigenvalue weighted by atomic mass is 9.91. The molecule has 1 heteroatoms. The molecule has 0 aliphatic carbocycles. The van der Waals surface area contributed by atoms with Crippen LogP contribution >= 0.6 is 0 Å². The maximum absolute atomic E-state index is 3.66. The number of hydrogen-bond donors (Lipinski definition) is 1. The first-order valence-corrected chi connectivity index (χ1v) is 8.11. The molecule has 2 aromatic carbocycles. The Labute approximate surface area is 129 Å². The van der Waals surface area contributed by atoms with Crippen LogP contribution < -0.4 is 5.32 Å². The molecule has 0 bridgehead atoms. The van der Waals surface area contributed by atoms with E-state index in [1.165, 1.54) is 27.8 Å². The number of benzene rings is 2. The highest BCUT2D eigenvalue weighted by molar-refractivity contribution is 5.40. The van der Waals surface area contributed by atoms with Gasteiger partial charge in [0.15, 0.2) is 0 Å². The van der Waals surface area contributed by atoms with Gasteiger partial charge in [0.05, 0.1) is 6.04 Å². The van der Waals surface area contributed by atoms with E-state index >= 15 is 0 Å². The van der Waals surface area contributed by atoms with Gasteiger partial charge < -0.3 is 5.32 Å². The highest BCUT2D eigenvalue weighted by Gasteiger charge is 2.16. The van der Waals surface area contributed by atoms with Crippen molar-refractivity contribution in [2.75, 3.05) is 6.54 Å². The zero-order chi connectivity index (χ0) is 15.2. The fourth-order valence-corrected chi connectivity index (χ4v) is 2.83. The van der Waals surface area contributed by atoms with Crippen LogP contribution in [-0.2, 0) is 12.8 Å². The molecule has 0 radical (unpaired) electrons. The predicted octanol–water partition coefficient (Wildman–Crippen LogP) is 4.82. The number of aryl methyl sites for hydroxylation is 3.